The van der Waals surface area contributed by atoms with Crippen molar-refractivity contribution in [3.8, 4) is 0 Å². The number of aliphatic hydroxyl groups is 1. The Labute approximate surface area is 631 Å². The molecule has 0 bridgehead atoms. The first-order chi connectivity index (χ1) is 50.0. The average Bonchev–Trinajstić information content (AvgIpc) is 0.990. The second kappa shape index (κ2) is 76.3. The fraction of sp³-hybridized carbons (Fsp3) is 0.905. The van der Waals surface area contributed by atoms with Crippen LogP contribution in [0.5, 0.6) is 0 Å². The van der Waals surface area contributed by atoms with Crippen molar-refractivity contribution in [2.45, 2.75) is 445 Å². The van der Waals surface area contributed by atoms with Crippen molar-refractivity contribution < 1.29 is 80.2 Å². The molecule has 19 heteroatoms. The summed E-state index contributed by atoms with van der Waals surface area (Å²) in [6, 6.07) is 0. The van der Waals surface area contributed by atoms with Gasteiger partial charge in [-0.25, -0.2) is 9.13 Å². The van der Waals surface area contributed by atoms with E-state index in [1.165, 1.54) is 238 Å². The standard InChI is InChI=1S/C84H160O17P2/c1-6-9-12-15-18-21-24-27-29-30-34-38-43-48-53-58-63-68-82(87)95-74-80(101-84(89)70-65-60-55-50-45-40-35-31-33-37-41-46-51-56-61-66-77(4)5)76-99-103(92,93)97-72-78(85)71-96-102(90,91)98-75-79(73-94-81(86)67-62-57-52-47-42-36-26-23-20-17-14-11-8-3)100-83(88)69-64-59-54-49-44-39-32-28-25-22-19-16-13-10-7-2/h22,25,28,32,77-80,85H,6-21,23-24,26-27,29-31,33-76H2,1-5H3,(H,90,91)(H,92,93)/b25-22-,32-28-/t78-,79+,80+/m0/s1. The number of aliphatic hydroxyl groups excluding tert-OH is 1. The van der Waals surface area contributed by atoms with Crippen molar-refractivity contribution in [3.05, 3.63) is 24.3 Å². The Hall–Kier alpha value is -2.46. The quantitative estimate of drug-likeness (QED) is 0.0169. The van der Waals surface area contributed by atoms with Gasteiger partial charge in [-0.15, -0.1) is 0 Å². The van der Waals surface area contributed by atoms with Gasteiger partial charge in [0.05, 0.1) is 26.4 Å². The second-order valence-corrected chi connectivity index (χ2v) is 32.9. The zero-order valence-corrected chi connectivity index (χ0v) is 68.7. The van der Waals surface area contributed by atoms with Crippen LogP contribution in [0.2, 0.25) is 0 Å². The normalized spacial score (nSPS) is 14.0. The molecule has 2 unspecified atom stereocenters. The number of hydrogen-bond donors (Lipinski definition) is 3. The van der Waals surface area contributed by atoms with Gasteiger partial charge in [0.2, 0.25) is 0 Å². The number of unbranched alkanes of at least 4 members (excludes halogenated alkanes) is 51. The van der Waals surface area contributed by atoms with Gasteiger partial charge in [0.1, 0.15) is 19.3 Å². The lowest BCUT2D eigenvalue weighted by Gasteiger charge is -2.21. The highest BCUT2D eigenvalue weighted by atomic mass is 31.2. The van der Waals surface area contributed by atoms with Crippen molar-refractivity contribution in [3.63, 3.8) is 0 Å². The molecule has 608 valence electrons. The third-order valence-electron chi connectivity index (χ3n) is 19.2. The number of carbonyl (C=O) groups is 4. The summed E-state index contributed by atoms with van der Waals surface area (Å²) in [4.78, 5) is 73.2. The highest BCUT2D eigenvalue weighted by Gasteiger charge is 2.30. The molecule has 0 aliphatic rings. The summed E-state index contributed by atoms with van der Waals surface area (Å²) in [7, 11) is -9.94. The Balaban J connectivity index is 5.30. The van der Waals surface area contributed by atoms with Crippen LogP contribution in [-0.2, 0) is 65.4 Å². The van der Waals surface area contributed by atoms with E-state index in [9.17, 15) is 43.2 Å². The Morgan fingerprint density at radius 3 is 0.796 bits per heavy atom. The summed E-state index contributed by atoms with van der Waals surface area (Å²) >= 11 is 0. The topological polar surface area (TPSA) is 237 Å². The smallest absolute Gasteiger partial charge is 0.462 e. The van der Waals surface area contributed by atoms with Gasteiger partial charge in [-0.1, -0.05) is 374 Å². The van der Waals surface area contributed by atoms with Crippen molar-refractivity contribution in [1.82, 2.24) is 0 Å². The molecule has 3 N–H and O–H groups in total. The van der Waals surface area contributed by atoms with E-state index in [2.05, 4.69) is 58.9 Å². The number of rotatable bonds is 82. The first-order valence-corrected chi connectivity index (χ1v) is 45.9. The molecule has 0 fully saturated rings. The Morgan fingerprint density at radius 2 is 0.524 bits per heavy atom. The highest BCUT2D eigenvalue weighted by molar-refractivity contribution is 7.47. The van der Waals surface area contributed by atoms with E-state index in [4.69, 9.17) is 37.0 Å². The maximum absolute atomic E-state index is 13.1. The second-order valence-electron chi connectivity index (χ2n) is 30.0. The molecule has 0 spiro atoms. The first kappa shape index (κ1) is 101. The van der Waals surface area contributed by atoms with Crippen LogP contribution in [0.4, 0.5) is 0 Å². The number of allylic oxidation sites excluding steroid dienone is 4. The monoisotopic (exact) mass is 1500 g/mol. The van der Waals surface area contributed by atoms with Crippen LogP contribution >= 0.6 is 15.6 Å². The van der Waals surface area contributed by atoms with E-state index in [1.807, 2.05) is 0 Å². The number of phosphoric acid groups is 2. The van der Waals surface area contributed by atoms with Crippen LogP contribution in [0.15, 0.2) is 24.3 Å². The number of hydrogen-bond acceptors (Lipinski definition) is 15. The summed E-state index contributed by atoms with van der Waals surface area (Å²) in [5, 5.41) is 10.7. The van der Waals surface area contributed by atoms with Gasteiger partial charge in [0, 0.05) is 25.7 Å². The SMILES string of the molecule is CCCCCC/C=C\C=C/CCCCCCCC(=O)O[C@H](COC(=O)CCCCCCCCCCCCCCC)COP(=O)(O)OC[C@H](O)COP(=O)(O)OC[C@@H](COC(=O)CCCCCCCCCCCCCCCCCCC)OC(=O)CCCCCCCCCCCCCCCCCC(C)C. The number of phosphoric ester groups is 2. The van der Waals surface area contributed by atoms with E-state index < -0.39 is 97.5 Å². The lowest BCUT2D eigenvalue weighted by Crippen LogP contribution is -2.30. The van der Waals surface area contributed by atoms with Crippen molar-refractivity contribution in [2.24, 2.45) is 5.92 Å². The van der Waals surface area contributed by atoms with Crippen molar-refractivity contribution in [2.75, 3.05) is 39.6 Å². The lowest BCUT2D eigenvalue weighted by molar-refractivity contribution is -0.161. The third-order valence-corrected chi connectivity index (χ3v) is 21.1. The molecule has 0 aromatic heterocycles. The van der Waals surface area contributed by atoms with Gasteiger partial charge in [0.15, 0.2) is 12.2 Å². The minimum Gasteiger partial charge on any atom is -0.462 e. The van der Waals surface area contributed by atoms with Crippen LogP contribution < -0.4 is 0 Å². The molecule has 0 aliphatic carbocycles. The largest absolute Gasteiger partial charge is 0.472 e. The van der Waals surface area contributed by atoms with E-state index in [1.54, 1.807) is 0 Å². The first-order valence-electron chi connectivity index (χ1n) is 43.0. The summed E-state index contributed by atoms with van der Waals surface area (Å²) in [5.74, 6) is -1.33. The van der Waals surface area contributed by atoms with Crippen LogP contribution in [0.3, 0.4) is 0 Å². The van der Waals surface area contributed by atoms with Gasteiger partial charge in [0.25, 0.3) is 0 Å². The summed E-state index contributed by atoms with van der Waals surface area (Å²) in [5.41, 5.74) is 0. The average molecular weight is 1500 g/mol. The molecule has 0 radical (unpaired) electrons. The predicted octanol–water partition coefficient (Wildman–Crippen LogP) is 25.1. The molecule has 5 atom stereocenters. The zero-order chi connectivity index (χ0) is 75.5. The molecular formula is C84H160O17P2. The van der Waals surface area contributed by atoms with E-state index in [-0.39, 0.29) is 25.7 Å². The zero-order valence-electron chi connectivity index (χ0n) is 66.9. The molecular weight excluding hydrogens is 1340 g/mol. The number of ether oxygens (including phenoxy) is 4. The number of carbonyl (C=O) groups excluding carboxylic acids is 4. The summed E-state index contributed by atoms with van der Waals surface area (Å²) in [6.07, 6.45) is 71.4. The fourth-order valence-electron chi connectivity index (χ4n) is 12.6. The molecule has 0 rings (SSSR count). The van der Waals surface area contributed by atoms with E-state index in [0.29, 0.717) is 25.7 Å². The van der Waals surface area contributed by atoms with Crippen molar-refractivity contribution >= 4 is 39.5 Å². The van der Waals surface area contributed by atoms with Crippen LogP contribution in [0.1, 0.15) is 426 Å². The van der Waals surface area contributed by atoms with Gasteiger partial charge in [-0.2, -0.15) is 0 Å². The fourth-order valence-corrected chi connectivity index (χ4v) is 14.2. The molecule has 0 aromatic rings. The maximum Gasteiger partial charge on any atom is 0.472 e. The number of esters is 4. The molecule has 0 amide bonds. The van der Waals surface area contributed by atoms with E-state index in [0.717, 1.165) is 109 Å². The van der Waals surface area contributed by atoms with Gasteiger partial charge < -0.3 is 33.8 Å². The summed E-state index contributed by atoms with van der Waals surface area (Å²) < 4.78 is 68.8. The lowest BCUT2D eigenvalue weighted by atomic mass is 10.0. The minimum atomic E-state index is -4.97. The van der Waals surface area contributed by atoms with Gasteiger partial charge >= 0.3 is 39.5 Å². The molecule has 103 heavy (non-hydrogen) atoms. The van der Waals surface area contributed by atoms with Crippen LogP contribution in [-0.4, -0.2) is 96.7 Å². The highest BCUT2D eigenvalue weighted by Crippen LogP contribution is 2.45. The predicted molar refractivity (Wildman–Crippen MR) is 423 cm³/mol. The molecule has 0 saturated heterocycles. The van der Waals surface area contributed by atoms with Gasteiger partial charge in [-0.3, -0.25) is 37.3 Å². The van der Waals surface area contributed by atoms with Gasteiger partial charge in [-0.05, 0) is 57.3 Å². The maximum atomic E-state index is 13.1. The molecule has 0 aliphatic heterocycles. The Bertz CT molecular complexity index is 2060. The minimum absolute atomic E-state index is 0.0859. The molecule has 0 saturated carbocycles. The molecule has 0 heterocycles. The van der Waals surface area contributed by atoms with E-state index >= 15 is 0 Å². The Kier molecular flexibility index (Phi) is 74.5. The Morgan fingerprint density at radius 1 is 0.301 bits per heavy atom. The van der Waals surface area contributed by atoms with Crippen LogP contribution in [0.25, 0.3) is 0 Å². The summed E-state index contributed by atoms with van der Waals surface area (Å²) in [6.45, 7) is 7.32. The van der Waals surface area contributed by atoms with Crippen LogP contribution in [0, 0.1) is 5.92 Å². The van der Waals surface area contributed by atoms with Crippen molar-refractivity contribution in [1.29, 1.82) is 0 Å². The molecule has 17 nitrogen and oxygen atoms in total. The third kappa shape index (κ3) is 77.5. The molecule has 0 aromatic carbocycles.